The Morgan fingerprint density at radius 3 is 0.709 bits per heavy atom. The van der Waals surface area contributed by atoms with Crippen molar-refractivity contribution in [1.29, 1.82) is 0 Å². The molecular formula is C96H67F9O8S4+4. The van der Waals surface area contributed by atoms with Crippen molar-refractivity contribution in [3.8, 4) is 69.0 Å². The van der Waals surface area contributed by atoms with Crippen molar-refractivity contribution in [3.05, 3.63) is 435 Å². The van der Waals surface area contributed by atoms with Gasteiger partial charge in [-0.05, 0) is 218 Å². The summed E-state index contributed by atoms with van der Waals surface area (Å²) in [6.45, 7) is 0. The quantitative estimate of drug-likeness (QED) is 0.0339. The van der Waals surface area contributed by atoms with Gasteiger partial charge in [-0.1, -0.05) is 146 Å². The number of hydrogen-bond donors (Lipinski definition) is 4. The van der Waals surface area contributed by atoms with Gasteiger partial charge in [0.15, 0.2) is 105 Å². The molecule has 4 N–H and O–H groups in total. The molecule has 582 valence electrons. The van der Waals surface area contributed by atoms with Crippen LogP contribution in [0.2, 0.25) is 0 Å². The molecule has 0 bridgehead atoms. The zero-order chi connectivity index (χ0) is 81.7. The van der Waals surface area contributed by atoms with Gasteiger partial charge in [-0.15, -0.1) is 0 Å². The van der Waals surface area contributed by atoms with Crippen LogP contribution in [0.4, 0.5) is 39.5 Å². The molecule has 21 heteroatoms. The van der Waals surface area contributed by atoms with E-state index in [1.807, 2.05) is 194 Å². The molecule has 0 aliphatic rings. The van der Waals surface area contributed by atoms with Crippen LogP contribution < -0.4 is 18.9 Å². The zero-order valence-electron chi connectivity index (χ0n) is 61.3. The number of rotatable bonds is 20. The van der Waals surface area contributed by atoms with E-state index in [2.05, 4.69) is 97.1 Å². The lowest BCUT2D eigenvalue weighted by molar-refractivity contribution is 0.324. The van der Waals surface area contributed by atoms with E-state index < -0.39 is 92.0 Å². The summed E-state index contributed by atoms with van der Waals surface area (Å²) in [7, 11) is -1.26. The average Bonchev–Trinajstić information content (AvgIpc) is 0.839. The van der Waals surface area contributed by atoms with Gasteiger partial charge in [0.2, 0.25) is 40.7 Å². The first-order valence-corrected chi connectivity index (χ1v) is 40.7. The summed E-state index contributed by atoms with van der Waals surface area (Å²) in [4.78, 5) is 13.6. The average molecular weight is 1650 g/mol. The first-order chi connectivity index (χ1) is 56.9. The number of halogens is 9. The van der Waals surface area contributed by atoms with Gasteiger partial charge >= 0.3 is 0 Å². The maximum atomic E-state index is 14.0. The molecule has 8 nitrogen and oxygen atoms in total. The third-order valence-corrected chi connectivity index (χ3v) is 26.0. The molecule has 0 aromatic heterocycles. The lowest BCUT2D eigenvalue weighted by Gasteiger charge is -2.11. The number of aromatic hydroxyl groups is 4. The van der Waals surface area contributed by atoms with Crippen molar-refractivity contribution in [2.75, 3.05) is 0 Å². The standard InChI is InChI=1S/C24H14F4O2S.2C24H16F2O2S.C24H17FO2S/c25-19-21(27)24(22(28)20(26)23(19)29)30-15-11-13-18(14-12-15)31(16-7-3-1-4-8-16)17-9-5-2-6-10-17;25-22-15-18(16-23(26)24(22)27)28-17-11-13-21(14-12-17)29(19-7-3-1-4-8-19)20-9-5-2-6-10-20;25-23-21(27)15-16-22(24(23)26)28-17-11-13-20(14-12-17)29(18-7-3-1-4-8-18)19-9-5-2-6-10-19;25-23-17-19(13-16-24(23)26)27-18-11-14-22(15-12-18)28(20-7-3-1-4-8-20)21-9-5-2-6-10-21/h1-14H;2*1-16H;1-17H/p+4. The van der Waals surface area contributed by atoms with Crippen LogP contribution in [-0.2, 0) is 43.6 Å². The van der Waals surface area contributed by atoms with Crippen molar-refractivity contribution < 1.29 is 78.9 Å². The van der Waals surface area contributed by atoms with Gasteiger partial charge in [-0.25, -0.2) is 13.2 Å². The van der Waals surface area contributed by atoms with Crippen molar-refractivity contribution >= 4 is 43.6 Å². The van der Waals surface area contributed by atoms with Gasteiger partial charge in [0.25, 0.3) is 0 Å². The summed E-state index contributed by atoms with van der Waals surface area (Å²) < 4.78 is 145. The molecule has 0 amide bonds. The molecule has 0 saturated heterocycles. The maximum absolute atomic E-state index is 14.0. The Morgan fingerprint density at radius 2 is 0.419 bits per heavy atom. The second-order valence-electron chi connectivity index (χ2n) is 25.0. The number of ether oxygens (including phenoxy) is 4. The van der Waals surface area contributed by atoms with Gasteiger partial charge < -0.3 is 39.4 Å². The largest absolute Gasteiger partial charge is 0.505 e. The zero-order valence-corrected chi connectivity index (χ0v) is 64.6. The first kappa shape index (κ1) is 81.7. The van der Waals surface area contributed by atoms with Gasteiger partial charge in [0, 0.05) is 18.2 Å². The van der Waals surface area contributed by atoms with E-state index in [0.29, 0.717) is 23.0 Å². The van der Waals surface area contributed by atoms with E-state index >= 15 is 0 Å². The Bertz CT molecular complexity index is 5710. The predicted molar refractivity (Wildman–Crippen MR) is 438 cm³/mol. The third kappa shape index (κ3) is 20.6. The fourth-order valence-corrected chi connectivity index (χ4v) is 20.0. The molecule has 16 rings (SSSR count). The number of phenols is 4. The van der Waals surface area contributed by atoms with Crippen molar-refractivity contribution in [1.82, 2.24) is 0 Å². The van der Waals surface area contributed by atoms with Crippen molar-refractivity contribution in [2.45, 2.75) is 58.7 Å². The van der Waals surface area contributed by atoms with Gasteiger partial charge in [-0.3, -0.25) is 0 Å². The van der Waals surface area contributed by atoms with Crippen molar-refractivity contribution in [2.24, 2.45) is 0 Å². The van der Waals surface area contributed by atoms with Crippen LogP contribution >= 0.6 is 0 Å². The Balaban J connectivity index is 0.000000136. The fraction of sp³-hybridized carbons (Fsp3) is 0. The van der Waals surface area contributed by atoms with Gasteiger partial charge in [0.05, 0.1) is 43.6 Å². The summed E-state index contributed by atoms with van der Waals surface area (Å²) in [6.07, 6.45) is 0. The molecule has 0 heterocycles. The smallest absolute Gasteiger partial charge is 0.208 e. The van der Waals surface area contributed by atoms with Crippen LogP contribution in [-0.4, -0.2) is 20.4 Å². The molecule has 0 unspecified atom stereocenters. The molecule has 16 aromatic carbocycles. The Labute approximate surface area is 680 Å². The van der Waals surface area contributed by atoms with E-state index in [1.54, 1.807) is 36.4 Å². The summed E-state index contributed by atoms with van der Waals surface area (Å²) in [5.74, 6) is -16.5. The normalized spacial score (nSPS) is 10.9. The lowest BCUT2D eigenvalue weighted by atomic mass is 10.2. The topological polar surface area (TPSA) is 118 Å². The Morgan fingerprint density at radius 1 is 0.179 bits per heavy atom. The molecule has 0 fully saturated rings. The highest BCUT2D eigenvalue weighted by molar-refractivity contribution is 7.98. The van der Waals surface area contributed by atoms with Crippen LogP contribution in [0.1, 0.15) is 0 Å². The summed E-state index contributed by atoms with van der Waals surface area (Å²) >= 11 is 0. The fourth-order valence-electron chi connectivity index (χ4n) is 11.6. The van der Waals surface area contributed by atoms with Crippen LogP contribution in [0.15, 0.2) is 441 Å². The van der Waals surface area contributed by atoms with Crippen LogP contribution in [0.5, 0.6) is 69.0 Å². The van der Waals surface area contributed by atoms with E-state index in [9.17, 15) is 54.8 Å². The Hall–Kier alpha value is -13.3. The summed E-state index contributed by atoms with van der Waals surface area (Å²) in [6, 6.07) is 118. The van der Waals surface area contributed by atoms with Gasteiger partial charge in [0.1, 0.15) is 34.5 Å². The third-order valence-electron chi connectivity index (χ3n) is 17.1. The molecule has 0 radical (unpaired) electrons. The number of phenolic OH excluding ortho intramolecular Hbond substituents is 4. The maximum Gasteiger partial charge on any atom is 0.208 e. The van der Waals surface area contributed by atoms with E-state index in [0.717, 1.165) is 42.7 Å². The molecule has 0 saturated carbocycles. The highest BCUT2D eigenvalue weighted by Crippen LogP contribution is 2.42. The van der Waals surface area contributed by atoms with E-state index in [-0.39, 0.29) is 49.9 Å². The SMILES string of the molecule is Oc1c(F)c(F)c(Oc2ccc([S+](c3ccccc3)c3ccccc3)cc2)c(F)c1F.Oc1c(F)cc(Oc2ccc([S+](c3ccccc3)c3ccccc3)cc2)cc1F.Oc1ccc(Oc2ccc([S+](c3ccccc3)c3ccccc3)cc2)c(F)c1F.Oc1ccc(Oc2ccc([S+](c3ccccc3)c3ccccc3)cc2)cc1F. The molecule has 117 heavy (non-hydrogen) atoms. The molecule has 0 aliphatic heterocycles. The number of benzene rings is 16. The molecule has 0 aliphatic carbocycles. The van der Waals surface area contributed by atoms with E-state index in [1.165, 1.54) is 70.7 Å². The van der Waals surface area contributed by atoms with E-state index in [4.69, 9.17) is 24.1 Å². The van der Waals surface area contributed by atoms with Crippen molar-refractivity contribution in [3.63, 3.8) is 0 Å². The molecule has 0 atom stereocenters. The Kier molecular flexibility index (Phi) is 27.3. The highest BCUT2D eigenvalue weighted by atomic mass is 32.2. The molecule has 16 aromatic rings. The highest BCUT2D eigenvalue weighted by Gasteiger charge is 2.34. The van der Waals surface area contributed by atoms with Gasteiger partial charge in [-0.2, -0.15) is 26.3 Å². The summed E-state index contributed by atoms with van der Waals surface area (Å²) in [5.41, 5.74) is 0. The minimum Gasteiger partial charge on any atom is -0.505 e. The van der Waals surface area contributed by atoms with Crippen LogP contribution in [0, 0.1) is 52.4 Å². The first-order valence-electron chi connectivity index (χ1n) is 35.8. The lowest BCUT2D eigenvalue weighted by Crippen LogP contribution is -2.04. The van der Waals surface area contributed by atoms with Crippen LogP contribution in [0.25, 0.3) is 0 Å². The molecule has 0 spiro atoms. The van der Waals surface area contributed by atoms with Crippen LogP contribution in [0.3, 0.4) is 0 Å². The minimum atomic E-state index is -1.92. The second kappa shape index (κ2) is 39.2. The summed E-state index contributed by atoms with van der Waals surface area (Å²) in [5, 5.41) is 36.8. The second-order valence-corrected chi connectivity index (χ2v) is 33.1. The predicted octanol–water partition coefficient (Wildman–Crippen LogP) is 26.4. The number of hydrogen-bond acceptors (Lipinski definition) is 8. The molecular weight excluding hydrogens is 1580 g/mol. The minimum absolute atomic E-state index is 0.0179. The monoisotopic (exact) mass is 1650 g/mol.